The third-order valence-electron chi connectivity index (χ3n) is 6.61. The summed E-state index contributed by atoms with van der Waals surface area (Å²) in [4.78, 5) is 18.3. The van der Waals surface area contributed by atoms with Crippen LogP contribution in [0.2, 0.25) is 0 Å². The zero-order chi connectivity index (χ0) is 22.0. The van der Waals surface area contributed by atoms with Gasteiger partial charge in [-0.2, -0.15) is 0 Å². The summed E-state index contributed by atoms with van der Waals surface area (Å²) < 4.78 is 28.0. The summed E-state index contributed by atoms with van der Waals surface area (Å²) >= 11 is 0. The van der Waals surface area contributed by atoms with E-state index >= 15 is 0 Å². The molecule has 2 aliphatic heterocycles. The fraction of sp³-hybridized carbons (Fsp3) is 0.636. The average molecular weight is 436 g/mol. The van der Waals surface area contributed by atoms with Crippen LogP contribution >= 0.6 is 0 Å². The van der Waals surface area contributed by atoms with Gasteiger partial charge in [0.15, 0.2) is 0 Å². The lowest BCUT2D eigenvalue weighted by molar-refractivity contribution is -0.198. The van der Waals surface area contributed by atoms with Crippen LogP contribution < -0.4 is 11.2 Å². The highest BCUT2D eigenvalue weighted by atomic mass is 19.1. The molecule has 3 N–H and O–H groups in total. The number of anilines is 1. The van der Waals surface area contributed by atoms with Gasteiger partial charge in [0.25, 0.3) is 0 Å². The number of nitrogen functional groups attached to an aromatic ring is 1. The molecule has 0 aromatic heterocycles. The number of oxime groups is 1. The van der Waals surface area contributed by atoms with E-state index in [1.807, 2.05) is 0 Å². The Kier molecular flexibility index (Phi) is 6.43. The number of halogens is 2. The van der Waals surface area contributed by atoms with Crippen molar-refractivity contribution in [3.63, 3.8) is 0 Å². The Morgan fingerprint density at radius 3 is 2.52 bits per heavy atom. The Morgan fingerprint density at radius 1 is 1.19 bits per heavy atom. The van der Waals surface area contributed by atoms with Gasteiger partial charge >= 0.3 is 0 Å². The summed E-state index contributed by atoms with van der Waals surface area (Å²) in [6.07, 6.45) is 6.26. The maximum atomic E-state index is 14.2. The number of rotatable bonds is 5. The number of piperidine rings is 1. The van der Waals surface area contributed by atoms with Crippen LogP contribution in [0.15, 0.2) is 22.3 Å². The summed E-state index contributed by atoms with van der Waals surface area (Å²) in [5, 5.41) is 4.40. The van der Waals surface area contributed by atoms with Crippen molar-refractivity contribution in [2.75, 3.05) is 18.8 Å². The smallest absolute Gasteiger partial charge is 0.245 e. The quantitative estimate of drug-likeness (QED) is 0.541. The van der Waals surface area contributed by atoms with Crippen LogP contribution in [0, 0.1) is 17.6 Å². The van der Waals surface area contributed by atoms with E-state index in [9.17, 15) is 8.78 Å². The Hall–Kier alpha value is -2.26. The normalized spacial score (nSPS) is 27.5. The second-order valence-corrected chi connectivity index (χ2v) is 8.91. The zero-order valence-electron chi connectivity index (χ0n) is 18.1. The summed E-state index contributed by atoms with van der Waals surface area (Å²) in [5.41, 5.74) is 9.45. The van der Waals surface area contributed by atoms with E-state index in [0.29, 0.717) is 5.56 Å². The highest BCUT2D eigenvalue weighted by Crippen LogP contribution is 2.35. The van der Waals surface area contributed by atoms with Gasteiger partial charge in [0, 0.05) is 25.1 Å². The lowest BCUT2D eigenvalue weighted by Crippen LogP contribution is -2.55. The number of nitrogens with zero attached hydrogens (tertiary/aromatic N) is 3. The van der Waals surface area contributed by atoms with E-state index in [1.54, 1.807) is 6.34 Å². The van der Waals surface area contributed by atoms with Crippen molar-refractivity contribution in [3.8, 4) is 0 Å². The molecule has 1 unspecified atom stereocenters. The number of likely N-dealkylation sites (tertiary alicyclic amines) is 1. The van der Waals surface area contributed by atoms with E-state index in [-0.39, 0.29) is 23.6 Å². The first-order valence-corrected chi connectivity index (χ1v) is 11.1. The molecule has 0 radical (unpaired) electrons. The van der Waals surface area contributed by atoms with Gasteiger partial charge < -0.3 is 10.6 Å². The number of hydrogen-bond acceptors (Lipinski definition) is 7. The molecule has 4 rings (SSSR count). The van der Waals surface area contributed by atoms with Crippen LogP contribution in [0.5, 0.6) is 0 Å². The number of benzene rings is 1. The second-order valence-electron chi connectivity index (χ2n) is 8.91. The molecule has 1 aromatic rings. The molecule has 31 heavy (non-hydrogen) atoms. The number of nitrogens with one attached hydrogen (secondary N) is 1. The molecule has 1 saturated heterocycles. The highest BCUT2D eigenvalue weighted by molar-refractivity contribution is 5.84. The van der Waals surface area contributed by atoms with Crippen molar-refractivity contribution in [3.05, 3.63) is 29.3 Å². The topological polar surface area (TPSA) is 84.5 Å². The fourth-order valence-corrected chi connectivity index (χ4v) is 4.71. The Balaban J connectivity index is 1.27. The van der Waals surface area contributed by atoms with E-state index < -0.39 is 17.5 Å². The maximum Gasteiger partial charge on any atom is 0.245 e. The van der Waals surface area contributed by atoms with Gasteiger partial charge in [0.2, 0.25) is 5.85 Å². The molecule has 0 bridgehead atoms. The van der Waals surface area contributed by atoms with Crippen LogP contribution in [0.1, 0.15) is 63.9 Å². The van der Waals surface area contributed by atoms with Gasteiger partial charge in [-0.3, -0.25) is 10.4 Å². The van der Waals surface area contributed by atoms with E-state index in [0.717, 1.165) is 63.4 Å². The Labute approximate surface area is 181 Å². The fourth-order valence-electron chi connectivity index (χ4n) is 4.71. The van der Waals surface area contributed by atoms with Crippen LogP contribution in [0.25, 0.3) is 0 Å². The SMILES string of the molecule is CC(C)C1(N2CCC(ON=C3CCC(c4cc(F)c(N)cc4F)CC3)CC2)N=CNO1. The summed E-state index contributed by atoms with van der Waals surface area (Å²) in [5.74, 6) is -1.45. The molecule has 0 amide bonds. The first kappa shape index (κ1) is 22.0. The monoisotopic (exact) mass is 435 g/mol. The lowest BCUT2D eigenvalue weighted by Gasteiger charge is -2.42. The molecule has 2 heterocycles. The molecule has 170 valence electrons. The maximum absolute atomic E-state index is 14.2. The van der Waals surface area contributed by atoms with Gasteiger partial charge in [-0.25, -0.2) is 18.6 Å². The van der Waals surface area contributed by atoms with E-state index in [1.165, 1.54) is 6.07 Å². The largest absolute Gasteiger partial charge is 0.396 e. The number of hydroxylamine groups is 1. The average Bonchev–Trinajstić information content (AvgIpc) is 3.27. The van der Waals surface area contributed by atoms with Crippen LogP contribution in [-0.2, 0) is 9.68 Å². The lowest BCUT2D eigenvalue weighted by atomic mass is 9.83. The minimum absolute atomic E-state index is 0.0231. The highest BCUT2D eigenvalue weighted by Gasteiger charge is 2.45. The van der Waals surface area contributed by atoms with Gasteiger partial charge in [-0.05, 0) is 56.1 Å². The summed E-state index contributed by atoms with van der Waals surface area (Å²) in [6.45, 7) is 5.83. The molecule has 2 fully saturated rings. The van der Waals surface area contributed by atoms with Gasteiger partial charge in [-0.1, -0.05) is 19.0 Å². The number of hydrogen-bond donors (Lipinski definition) is 2. The van der Waals surface area contributed by atoms with Crippen molar-refractivity contribution in [2.24, 2.45) is 16.1 Å². The minimum atomic E-state index is -0.647. The first-order chi connectivity index (χ1) is 14.9. The predicted molar refractivity (Wildman–Crippen MR) is 115 cm³/mol. The van der Waals surface area contributed by atoms with Gasteiger partial charge in [-0.15, -0.1) is 0 Å². The molecule has 1 aliphatic carbocycles. The molecule has 9 heteroatoms. The predicted octanol–water partition coefficient (Wildman–Crippen LogP) is 3.91. The molecule has 7 nitrogen and oxygen atoms in total. The van der Waals surface area contributed by atoms with Crippen molar-refractivity contribution < 1.29 is 18.5 Å². The van der Waals surface area contributed by atoms with Gasteiger partial charge in [0.05, 0.1) is 11.4 Å². The number of nitrogens with two attached hydrogens (primary N) is 1. The molecular formula is C22H31F2N5O2. The van der Waals surface area contributed by atoms with Crippen LogP contribution in [0.3, 0.4) is 0 Å². The molecule has 1 atom stereocenters. The standard InChI is InChI=1S/C22H31F2N5O2/c1-14(2)22(26-13-27-31-22)29-9-7-17(8-10-29)30-28-16-5-3-15(4-6-16)18-11-20(24)21(25)12-19(18)23/h11-15,17H,3-10,25H2,1-2H3,(H,26,27). The second kappa shape index (κ2) is 9.08. The zero-order valence-corrected chi connectivity index (χ0v) is 18.1. The molecule has 1 saturated carbocycles. The van der Waals surface area contributed by atoms with E-state index in [4.69, 9.17) is 15.4 Å². The third kappa shape index (κ3) is 4.52. The van der Waals surface area contributed by atoms with Crippen molar-refractivity contribution in [2.45, 2.75) is 70.2 Å². The molecular weight excluding hydrogens is 404 g/mol. The summed E-state index contributed by atoms with van der Waals surface area (Å²) in [6, 6.07) is 2.31. The Bertz CT molecular complexity index is 845. The van der Waals surface area contributed by atoms with Crippen LogP contribution in [-0.4, -0.2) is 42.0 Å². The van der Waals surface area contributed by atoms with Crippen molar-refractivity contribution in [1.82, 2.24) is 10.4 Å². The van der Waals surface area contributed by atoms with Crippen LogP contribution in [0.4, 0.5) is 14.5 Å². The Morgan fingerprint density at radius 2 is 1.90 bits per heavy atom. The minimum Gasteiger partial charge on any atom is -0.396 e. The third-order valence-corrected chi connectivity index (χ3v) is 6.61. The van der Waals surface area contributed by atoms with Crippen molar-refractivity contribution in [1.29, 1.82) is 0 Å². The van der Waals surface area contributed by atoms with Gasteiger partial charge in [0.1, 0.15) is 24.1 Å². The molecule has 1 aromatic carbocycles. The first-order valence-electron chi connectivity index (χ1n) is 11.1. The number of aliphatic imine (C=N–C) groups is 1. The molecule has 3 aliphatic rings. The molecule has 0 spiro atoms. The summed E-state index contributed by atoms with van der Waals surface area (Å²) in [7, 11) is 0. The van der Waals surface area contributed by atoms with E-state index in [2.05, 4.69) is 34.4 Å². The van der Waals surface area contributed by atoms with Crippen molar-refractivity contribution >= 4 is 17.7 Å².